The van der Waals surface area contributed by atoms with Crippen LogP contribution in [0.1, 0.15) is 22.6 Å². The highest BCUT2D eigenvalue weighted by molar-refractivity contribution is 6.16. The maximum Gasteiger partial charge on any atom is 0.139 e. The van der Waals surface area contributed by atoms with Gasteiger partial charge in [0.25, 0.3) is 0 Å². The zero-order valence-corrected chi connectivity index (χ0v) is 26.1. The molecule has 8 aromatic rings. The fourth-order valence-electron chi connectivity index (χ4n) is 7.84. The van der Waals surface area contributed by atoms with Gasteiger partial charge in [0, 0.05) is 44.8 Å². The number of anilines is 2. The predicted molar refractivity (Wildman–Crippen MR) is 195 cm³/mol. The van der Waals surface area contributed by atoms with Crippen molar-refractivity contribution in [1.29, 1.82) is 10.5 Å². The number of benzene rings is 6. The molecule has 0 amide bonds. The van der Waals surface area contributed by atoms with Crippen LogP contribution in [0.2, 0.25) is 0 Å². The lowest BCUT2D eigenvalue weighted by Crippen LogP contribution is -2.29. The zero-order valence-electron chi connectivity index (χ0n) is 26.1. The van der Waals surface area contributed by atoms with Gasteiger partial charge in [0.1, 0.15) is 28.4 Å². The summed E-state index contributed by atoms with van der Waals surface area (Å²) in [7, 11) is 0. The Labute approximate surface area is 281 Å². The molecule has 0 N–H and O–H groups in total. The third kappa shape index (κ3) is 4.03. The maximum absolute atomic E-state index is 10.4. The number of furan rings is 2. The Morgan fingerprint density at radius 2 is 1.24 bits per heavy atom. The van der Waals surface area contributed by atoms with E-state index < -0.39 is 0 Å². The van der Waals surface area contributed by atoms with Crippen molar-refractivity contribution in [3.8, 4) is 34.4 Å². The van der Waals surface area contributed by atoms with Gasteiger partial charge in [-0.05, 0) is 76.9 Å². The summed E-state index contributed by atoms with van der Waals surface area (Å²) < 4.78 is 12.7. The molecule has 3 heterocycles. The molecule has 10 rings (SSSR count). The number of fused-ring (bicyclic) bond motifs is 9. The fraction of sp³-hybridized carbons (Fsp3) is 0.0455. The molecule has 0 saturated heterocycles. The first-order valence-corrected chi connectivity index (χ1v) is 16.3. The quantitative estimate of drug-likeness (QED) is 0.195. The van der Waals surface area contributed by atoms with E-state index in [0.29, 0.717) is 11.1 Å². The lowest BCUT2D eigenvalue weighted by atomic mass is 9.91. The summed E-state index contributed by atoms with van der Waals surface area (Å²) in [5, 5.41) is 23.8. The highest BCUT2D eigenvalue weighted by atomic mass is 16.3. The average Bonchev–Trinajstić information content (AvgIpc) is 3.81. The number of hydrogen-bond donors (Lipinski definition) is 0. The van der Waals surface area contributed by atoms with Gasteiger partial charge in [0.2, 0.25) is 0 Å². The minimum atomic E-state index is 0.0732. The molecule has 1 aliphatic carbocycles. The molecule has 0 radical (unpaired) electrons. The molecule has 228 valence electrons. The Balaban J connectivity index is 1.16. The van der Waals surface area contributed by atoms with E-state index in [4.69, 9.17) is 8.83 Å². The van der Waals surface area contributed by atoms with Gasteiger partial charge in [-0.2, -0.15) is 10.5 Å². The molecule has 2 atom stereocenters. The van der Waals surface area contributed by atoms with Crippen LogP contribution in [0.3, 0.4) is 0 Å². The second kappa shape index (κ2) is 10.3. The van der Waals surface area contributed by atoms with Crippen LogP contribution in [0.25, 0.3) is 66.1 Å². The Bertz CT molecular complexity index is 2840. The standard InChI is InChI=1S/C44H25N3O2/c45-24-26-7-5-8-27(19-26)28-15-17-40-34(20-28)36-22-37-35-21-29(16-18-41(35)49-43(37)23-42(36)48-40)31-12-6-9-30(25-46)44(31)47-38-13-3-1-10-32(38)33-11-2-4-14-39(33)47/h1-23,32,38H. The Morgan fingerprint density at radius 1 is 0.551 bits per heavy atom. The van der Waals surface area contributed by atoms with Crippen LogP contribution in [-0.4, -0.2) is 6.04 Å². The van der Waals surface area contributed by atoms with Crippen LogP contribution in [-0.2, 0) is 0 Å². The lowest BCUT2D eigenvalue weighted by Gasteiger charge is -2.31. The second-order valence-electron chi connectivity index (χ2n) is 12.7. The third-order valence-corrected chi connectivity index (χ3v) is 10.1. The molecule has 1 aliphatic heterocycles. The fourth-order valence-corrected chi connectivity index (χ4v) is 7.84. The van der Waals surface area contributed by atoms with Gasteiger partial charge in [-0.15, -0.1) is 0 Å². The number of nitrogens with zero attached hydrogens (tertiary/aromatic N) is 3. The summed E-state index contributed by atoms with van der Waals surface area (Å²) in [5.41, 5.74) is 11.7. The molecular weight excluding hydrogens is 603 g/mol. The number of allylic oxidation sites excluding steroid dienone is 2. The van der Waals surface area contributed by atoms with Gasteiger partial charge >= 0.3 is 0 Å². The van der Waals surface area contributed by atoms with Crippen molar-refractivity contribution in [2.24, 2.45) is 0 Å². The first-order valence-electron chi connectivity index (χ1n) is 16.3. The summed E-state index contributed by atoms with van der Waals surface area (Å²) in [6.07, 6.45) is 8.71. The Hall–Kier alpha value is -6.82. The van der Waals surface area contributed by atoms with Crippen LogP contribution < -0.4 is 4.90 Å². The Kier molecular flexibility index (Phi) is 5.76. The SMILES string of the molecule is N#Cc1cccc(-c2ccc3oc4cc5oc6ccc(-c7cccc(C#N)c7N7c8ccccc8C8C=CC=CC87)cc6c5cc4c3c2)c1. The normalized spacial score (nSPS) is 16.3. The summed E-state index contributed by atoms with van der Waals surface area (Å²) >= 11 is 0. The minimum absolute atomic E-state index is 0.0732. The van der Waals surface area contributed by atoms with Crippen molar-refractivity contribution >= 4 is 55.3 Å². The van der Waals surface area contributed by atoms with E-state index in [1.807, 2.05) is 60.7 Å². The molecule has 5 nitrogen and oxygen atoms in total. The molecule has 2 aromatic heterocycles. The molecule has 0 bridgehead atoms. The van der Waals surface area contributed by atoms with Crippen molar-refractivity contribution in [3.05, 3.63) is 156 Å². The van der Waals surface area contributed by atoms with Gasteiger partial charge in [-0.25, -0.2) is 0 Å². The predicted octanol–water partition coefficient (Wildman–Crippen LogP) is 11.3. The summed E-state index contributed by atoms with van der Waals surface area (Å²) in [6, 6.07) is 43.6. The summed E-state index contributed by atoms with van der Waals surface area (Å²) in [4.78, 5) is 2.34. The number of para-hydroxylation sites is 2. The van der Waals surface area contributed by atoms with Crippen molar-refractivity contribution in [2.75, 3.05) is 4.90 Å². The number of hydrogen-bond acceptors (Lipinski definition) is 5. The average molecular weight is 628 g/mol. The molecule has 0 spiro atoms. The molecule has 49 heavy (non-hydrogen) atoms. The van der Waals surface area contributed by atoms with Crippen molar-refractivity contribution < 1.29 is 8.83 Å². The zero-order chi connectivity index (χ0) is 32.6. The number of rotatable bonds is 3. The van der Waals surface area contributed by atoms with Gasteiger partial charge in [0.15, 0.2) is 0 Å². The van der Waals surface area contributed by atoms with Crippen molar-refractivity contribution in [1.82, 2.24) is 0 Å². The Morgan fingerprint density at radius 3 is 2.04 bits per heavy atom. The van der Waals surface area contributed by atoms with E-state index >= 15 is 0 Å². The van der Waals surface area contributed by atoms with Crippen LogP contribution in [0.5, 0.6) is 0 Å². The van der Waals surface area contributed by atoms with Gasteiger partial charge < -0.3 is 13.7 Å². The largest absolute Gasteiger partial charge is 0.456 e. The first kappa shape index (κ1) is 27.3. The van der Waals surface area contributed by atoms with Gasteiger partial charge in [-0.3, -0.25) is 0 Å². The van der Waals surface area contributed by atoms with E-state index in [-0.39, 0.29) is 12.0 Å². The van der Waals surface area contributed by atoms with Gasteiger partial charge in [0.05, 0.1) is 28.9 Å². The van der Waals surface area contributed by atoms with E-state index in [2.05, 4.69) is 95.9 Å². The van der Waals surface area contributed by atoms with E-state index in [9.17, 15) is 10.5 Å². The smallest absolute Gasteiger partial charge is 0.139 e. The van der Waals surface area contributed by atoms with Crippen molar-refractivity contribution in [3.63, 3.8) is 0 Å². The molecule has 0 saturated carbocycles. The first-order chi connectivity index (χ1) is 24.2. The van der Waals surface area contributed by atoms with E-state index in [0.717, 1.165) is 77.5 Å². The minimum Gasteiger partial charge on any atom is -0.456 e. The van der Waals surface area contributed by atoms with Crippen LogP contribution in [0.4, 0.5) is 11.4 Å². The summed E-state index contributed by atoms with van der Waals surface area (Å²) in [5.74, 6) is 0.212. The molecule has 5 heteroatoms. The van der Waals surface area contributed by atoms with Crippen LogP contribution >= 0.6 is 0 Å². The third-order valence-electron chi connectivity index (χ3n) is 10.1. The lowest BCUT2D eigenvalue weighted by molar-refractivity contribution is 0.656. The van der Waals surface area contributed by atoms with Crippen molar-refractivity contribution in [2.45, 2.75) is 12.0 Å². The monoisotopic (exact) mass is 627 g/mol. The molecule has 2 aliphatic rings. The van der Waals surface area contributed by atoms with Gasteiger partial charge in [-0.1, -0.05) is 78.9 Å². The van der Waals surface area contributed by atoms with E-state index in [1.54, 1.807) is 0 Å². The topological polar surface area (TPSA) is 77.1 Å². The highest BCUT2D eigenvalue weighted by Crippen LogP contribution is 2.51. The van der Waals surface area contributed by atoms with E-state index in [1.165, 1.54) is 5.56 Å². The molecule has 2 unspecified atom stereocenters. The number of nitriles is 2. The van der Waals surface area contributed by atoms with Crippen LogP contribution in [0.15, 0.2) is 148 Å². The second-order valence-corrected chi connectivity index (χ2v) is 12.7. The highest BCUT2D eigenvalue weighted by Gasteiger charge is 2.39. The molecule has 0 fully saturated rings. The maximum atomic E-state index is 10.4. The molecular formula is C44H25N3O2. The molecule has 6 aromatic carbocycles. The van der Waals surface area contributed by atoms with Crippen LogP contribution in [0, 0.1) is 22.7 Å². The summed E-state index contributed by atoms with van der Waals surface area (Å²) in [6.45, 7) is 0.